The van der Waals surface area contributed by atoms with Gasteiger partial charge in [-0.1, -0.05) is 20.8 Å². The number of carboxylic acids is 1. The molecular weight excluding hydrogens is 244 g/mol. The van der Waals surface area contributed by atoms with Crippen molar-refractivity contribution in [1.82, 2.24) is 5.32 Å². The van der Waals surface area contributed by atoms with Crippen LogP contribution in [0.4, 0.5) is 0 Å². The van der Waals surface area contributed by atoms with E-state index in [-0.39, 0.29) is 23.7 Å². The molecule has 0 bridgehead atoms. The Balaban J connectivity index is 4.29. The van der Waals surface area contributed by atoms with E-state index in [9.17, 15) is 9.59 Å². The number of nitrogens with two attached hydrogens (primary N) is 1. The van der Waals surface area contributed by atoms with Crippen molar-refractivity contribution < 1.29 is 14.7 Å². The van der Waals surface area contributed by atoms with Crippen molar-refractivity contribution in [3.63, 3.8) is 0 Å². The fourth-order valence-electron chi connectivity index (χ4n) is 1.90. The number of carbonyl (C=O) groups is 2. The summed E-state index contributed by atoms with van der Waals surface area (Å²) in [6.45, 7) is 10.1. The van der Waals surface area contributed by atoms with Crippen molar-refractivity contribution >= 4 is 11.9 Å². The predicted octanol–water partition coefficient (Wildman–Crippen LogP) is 1.76. The molecule has 1 amide bonds. The molecule has 0 aromatic heterocycles. The van der Waals surface area contributed by atoms with Crippen LogP contribution in [0.2, 0.25) is 0 Å². The van der Waals surface area contributed by atoms with Gasteiger partial charge in [0.1, 0.15) is 0 Å². The minimum atomic E-state index is -0.877. The first-order valence-electron chi connectivity index (χ1n) is 6.73. The van der Waals surface area contributed by atoms with Gasteiger partial charge in [-0.05, 0) is 38.0 Å². The van der Waals surface area contributed by atoms with Gasteiger partial charge in [-0.2, -0.15) is 0 Å². The van der Waals surface area contributed by atoms with Gasteiger partial charge in [-0.15, -0.1) is 0 Å². The molecule has 19 heavy (non-hydrogen) atoms. The minimum absolute atomic E-state index is 0.0262. The standard InChI is InChI=1S/C14H28N2O3/c1-13(2,3)10(6-7-11(17)18)8-9-16-12(19)14(4,5)15/h10H,6-9,15H2,1-5H3,(H,16,19)(H,17,18). The molecule has 5 heteroatoms. The third-order valence-corrected chi connectivity index (χ3v) is 3.29. The molecule has 1 unspecified atom stereocenters. The highest BCUT2D eigenvalue weighted by molar-refractivity contribution is 5.84. The van der Waals surface area contributed by atoms with Crippen molar-refractivity contribution in [3.05, 3.63) is 0 Å². The summed E-state index contributed by atoms with van der Waals surface area (Å²) < 4.78 is 0. The van der Waals surface area contributed by atoms with Crippen LogP contribution in [0.5, 0.6) is 0 Å². The lowest BCUT2D eigenvalue weighted by molar-refractivity contribution is -0.137. The topological polar surface area (TPSA) is 92.4 Å². The van der Waals surface area contributed by atoms with Gasteiger partial charge in [0, 0.05) is 13.0 Å². The SMILES string of the molecule is CC(C)(N)C(=O)NCCC(CCC(=O)O)C(C)(C)C. The summed E-state index contributed by atoms with van der Waals surface area (Å²) in [5.74, 6) is -0.704. The van der Waals surface area contributed by atoms with Crippen LogP contribution in [0, 0.1) is 11.3 Å². The van der Waals surface area contributed by atoms with E-state index in [1.807, 2.05) is 0 Å². The molecule has 0 aliphatic heterocycles. The van der Waals surface area contributed by atoms with Gasteiger partial charge in [-0.25, -0.2) is 0 Å². The van der Waals surface area contributed by atoms with E-state index in [4.69, 9.17) is 10.8 Å². The molecule has 0 saturated heterocycles. The molecule has 0 aromatic carbocycles. The molecule has 0 radical (unpaired) electrons. The van der Waals surface area contributed by atoms with E-state index in [0.29, 0.717) is 13.0 Å². The number of amides is 1. The second-order valence-corrected chi connectivity index (χ2v) is 6.76. The van der Waals surface area contributed by atoms with E-state index >= 15 is 0 Å². The lowest BCUT2D eigenvalue weighted by Crippen LogP contribution is -2.49. The Morgan fingerprint density at radius 3 is 2.05 bits per heavy atom. The minimum Gasteiger partial charge on any atom is -0.481 e. The van der Waals surface area contributed by atoms with Crippen LogP contribution in [-0.2, 0) is 9.59 Å². The molecule has 0 spiro atoms. The molecule has 0 aliphatic rings. The lowest BCUT2D eigenvalue weighted by Gasteiger charge is -2.31. The molecule has 112 valence electrons. The normalized spacial score (nSPS) is 14.0. The highest BCUT2D eigenvalue weighted by atomic mass is 16.4. The maximum atomic E-state index is 11.6. The molecule has 0 aliphatic carbocycles. The van der Waals surface area contributed by atoms with Crippen LogP contribution >= 0.6 is 0 Å². The third-order valence-electron chi connectivity index (χ3n) is 3.29. The van der Waals surface area contributed by atoms with Gasteiger partial charge >= 0.3 is 5.97 Å². The Morgan fingerprint density at radius 1 is 1.16 bits per heavy atom. The summed E-state index contributed by atoms with van der Waals surface area (Å²) in [6, 6.07) is 0. The van der Waals surface area contributed by atoms with E-state index in [0.717, 1.165) is 6.42 Å². The van der Waals surface area contributed by atoms with Gasteiger partial charge in [0.05, 0.1) is 5.54 Å². The fraction of sp³-hybridized carbons (Fsp3) is 0.857. The number of rotatable bonds is 7. The van der Waals surface area contributed by atoms with Gasteiger partial charge in [0.25, 0.3) is 0 Å². The Morgan fingerprint density at radius 2 is 1.68 bits per heavy atom. The van der Waals surface area contributed by atoms with Crippen molar-refractivity contribution in [1.29, 1.82) is 0 Å². The summed E-state index contributed by atoms with van der Waals surface area (Å²) in [4.78, 5) is 22.3. The predicted molar refractivity (Wildman–Crippen MR) is 75.7 cm³/mol. The van der Waals surface area contributed by atoms with Gasteiger partial charge in [0.2, 0.25) is 5.91 Å². The second kappa shape index (κ2) is 6.89. The molecule has 0 heterocycles. The Bertz CT molecular complexity index is 314. The maximum absolute atomic E-state index is 11.6. The monoisotopic (exact) mass is 272 g/mol. The van der Waals surface area contributed by atoms with Crippen LogP contribution in [0.15, 0.2) is 0 Å². The number of hydrogen-bond donors (Lipinski definition) is 3. The summed E-state index contributed by atoms with van der Waals surface area (Å²) in [5, 5.41) is 11.6. The molecule has 4 N–H and O–H groups in total. The summed E-state index contributed by atoms with van der Waals surface area (Å²) >= 11 is 0. The van der Waals surface area contributed by atoms with Crippen molar-refractivity contribution in [2.75, 3.05) is 6.54 Å². The van der Waals surface area contributed by atoms with E-state index < -0.39 is 11.5 Å². The zero-order chi connectivity index (χ0) is 15.3. The Hall–Kier alpha value is -1.10. The molecule has 5 nitrogen and oxygen atoms in total. The fourth-order valence-corrected chi connectivity index (χ4v) is 1.90. The molecule has 0 rings (SSSR count). The van der Waals surface area contributed by atoms with Crippen molar-refractivity contribution in [2.24, 2.45) is 17.1 Å². The molecule has 0 saturated carbocycles. The van der Waals surface area contributed by atoms with Crippen molar-refractivity contribution in [3.8, 4) is 0 Å². The summed E-state index contributed by atoms with van der Waals surface area (Å²) in [6.07, 6.45) is 1.55. The molecule has 0 aromatic rings. The number of aliphatic carboxylic acids is 1. The van der Waals surface area contributed by atoms with E-state index in [2.05, 4.69) is 26.1 Å². The summed E-state index contributed by atoms with van der Waals surface area (Å²) in [5.41, 5.74) is 4.84. The summed E-state index contributed by atoms with van der Waals surface area (Å²) in [7, 11) is 0. The maximum Gasteiger partial charge on any atom is 0.303 e. The highest BCUT2D eigenvalue weighted by Crippen LogP contribution is 2.32. The first kappa shape index (κ1) is 17.9. The van der Waals surface area contributed by atoms with Crippen LogP contribution in [0.25, 0.3) is 0 Å². The first-order chi connectivity index (χ1) is 8.44. The van der Waals surface area contributed by atoms with Crippen LogP contribution in [0.3, 0.4) is 0 Å². The molecule has 0 fully saturated rings. The van der Waals surface area contributed by atoms with Crippen LogP contribution in [-0.4, -0.2) is 29.1 Å². The van der Waals surface area contributed by atoms with E-state index in [1.165, 1.54) is 0 Å². The molecular formula is C14H28N2O3. The largest absolute Gasteiger partial charge is 0.481 e. The highest BCUT2D eigenvalue weighted by Gasteiger charge is 2.26. The smallest absolute Gasteiger partial charge is 0.303 e. The lowest BCUT2D eigenvalue weighted by atomic mass is 9.76. The van der Waals surface area contributed by atoms with Gasteiger partial charge in [0.15, 0.2) is 0 Å². The number of carbonyl (C=O) groups excluding carboxylic acids is 1. The molecule has 1 atom stereocenters. The second-order valence-electron chi connectivity index (χ2n) is 6.76. The average Bonchev–Trinajstić information content (AvgIpc) is 2.18. The first-order valence-corrected chi connectivity index (χ1v) is 6.73. The quantitative estimate of drug-likeness (QED) is 0.658. The van der Waals surface area contributed by atoms with Crippen LogP contribution < -0.4 is 11.1 Å². The number of carboxylic acid groups (broad SMARTS) is 1. The Labute approximate surface area is 115 Å². The van der Waals surface area contributed by atoms with Crippen molar-refractivity contribution in [2.45, 2.75) is 59.4 Å². The zero-order valence-electron chi connectivity index (χ0n) is 12.7. The zero-order valence-corrected chi connectivity index (χ0v) is 12.7. The number of nitrogens with one attached hydrogen (secondary N) is 1. The average molecular weight is 272 g/mol. The third kappa shape index (κ3) is 7.82. The Kier molecular flexibility index (Phi) is 6.49. The van der Waals surface area contributed by atoms with E-state index in [1.54, 1.807) is 13.8 Å². The van der Waals surface area contributed by atoms with Crippen LogP contribution in [0.1, 0.15) is 53.9 Å². The van der Waals surface area contributed by atoms with Gasteiger partial charge in [-0.3, -0.25) is 9.59 Å². The number of hydrogen-bond acceptors (Lipinski definition) is 3. The van der Waals surface area contributed by atoms with Gasteiger partial charge < -0.3 is 16.2 Å².